The van der Waals surface area contributed by atoms with E-state index in [2.05, 4.69) is 16.9 Å². The summed E-state index contributed by atoms with van der Waals surface area (Å²) in [6.45, 7) is 4.89. The van der Waals surface area contributed by atoms with Crippen LogP contribution in [0.1, 0.15) is 19.0 Å². The van der Waals surface area contributed by atoms with Crippen molar-refractivity contribution in [3.63, 3.8) is 0 Å². The molecule has 0 spiro atoms. The Bertz CT molecular complexity index is 893. The number of imidazole rings is 2. The van der Waals surface area contributed by atoms with Crippen molar-refractivity contribution in [2.24, 2.45) is 7.05 Å². The number of nitrogens with one attached hydrogen (secondary N) is 1. The van der Waals surface area contributed by atoms with E-state index in [9.17, 15) is 9.59 Å². The zero-order valence-electron chi connectivity index (χ0n) is 11.1. The van der Waals surface area contributed by atoms with Crippen LogP contribution in [0.5, 0.6) is 0 Å². The van der Waals surface area contributed by atoms with Crippen LogP contribution in [-0.2, 0) is 13.6 Å². The zero-order valence-corrected chi connectivity index (χ0v) is 11.1. The fourth-order valence-electron chi connectivity index (χ4n) is 2.42. The average Bonchev–Trinajstić information content (AvgIpc) is 2.85. The summed E-state index contributed by atoms with van der Waals surface area (Å²) in [5, 5.41) is 0. The van der Waals surface area contributed by atoms with Crippen LogP contribution in [-0.4, -0.2) is 23.5 Å². The Balaban J connectivity index is 2.54. The SMILES string of the molecule is CCCn1c(C)cn2c3c(=O)[nH]c(=O)n(C)c3nc12. The summed E-state index contributed by atoms with van der Waals surface area (Å²) in [7, 11) is 1.60. The molecule has 3 aromatic rings. The Morgan fingerprint density at radius 3 is 2.79 bits per heavy atom. The molecule has 1 N–H and O–H groups in total. The molecule has 100 valence electrons. The molecule has 0 bridgehead atoms. The monoisotopic (exact) mass is 261 g/mol. The fourth-order valence-corrected chi connectivity index (χ4v) is 2.42. The van der Waals surface area contributed by atoms with Crippen molar-refractivity contribution in [3.8, 4) is 0 Å². The fraction of sp³-hybridized carbons (Fsp3) is 0.417. The van der Waals surface area contributed by atoms with E-state index in [1.54, 1.807) is 11.4 Å². The summed E-state index contributed by atoms with van der Waals surface area (Å²) in [4.78, 5) is 30.3. The Kier molecular flexibility index (Phi) is 2.38. The van der Waals surface area contributed by atoms with Gasteiger partial charge in [0, 0.05) is 25.5 Å². The Morgan fingerprint density at radius 1 is 1.37 bits per heavy atom. The van der Waals surface area contributed by atoms with Crippen molar-refractivity contribution in [2.75, 3.05) is 0 Å². The molecule has 0 saturated carbocycles. The first kappa shape index (κ1) is 11.8. The molecular formula is C12H15N5O2. The molecule has 3 aromatic heterocycles. The predicted molar refractivity (Wildman–Crippen MR) is 71.6 cm³/mol. The lowest BCUT2D eigenvalue weighted by molar-refractivity contribution is 0.677. The second kappa shape index (κ2) is 3.84. The first-order valence-electron chi connectivity index (χ1n) is 6.21. The van der Waals surface area contributed by atoms with E-state index in [4.69, 9.17) is 0 Å². The summed E-state index contributed by atoms with van der Waals surface area (Å²) in [6, 6.07) is 0. The molecule has 0 amide bonds. The number of aromatic nitrogens is 5. The topological polar surface area (TPSA) is 77.1 Å². The van der Waals surface area contributed by atoms with Gasteiger partial charge in [-0.2, -0.15) is 4.98 Å². The number of H-pyrrole nitrogens is 1. The van der Waals surface area contributed by atoms with Crippen molar-refractivity contribution in [2.45, 2.75) is 26.8 Å². The van der Waals surface area contributed by atoms with Crippen molar-refractivity contribution in [3.05, 3.63) is 32.7 Å². The van der Waals surface area contributed by atoms with Crippen LogP contribution in [0.4, 0.5) is 0 Å². The molecule has 7 nitrogen and oxygen atoms in total. The minimum atomic E-state index is -0.447. The molecule has 0 fully saturated rings. The predicted octanol–water partition coefficient (Wildman–Crippen LogP) is 0.394. The van der Waals surface area contributed by atoms with Crippen LogP contribution in [0.3, 0.4) is 0 Å². The van der Waals surface area contributed by atoms with E-state index in [0.29, 0.717) is 16.9 Å². The minimum absolute atomic E-state index is 0.403. The van der Waals surface area contributed by atoms with Crippen LogP contribution in [0.15, 0.2) is 15.8 Å². The third kappa shape index (κ3) is 1.47. The van der Waals surface area contributed by atoms with E-state index in [-0.39, 0.29) is 0 Å². The molecule has 0 radical (unpaired) electrons. The highest BCUT2D eigenvalue weighted by Gasteiger charge is 2.16. The lowest BCUT2D eigenvalue weighted by atomic mass is 10.4. The Morgan fingerprint density at radius 2 is 2.11 bits per heavy atom. The molecule has 0 aromatic carbocycles. The Labute approximate surface area is 108 Å². The molecule has 0 unspecified atom stereocenters. The maximum absolute atomic E-state index is 12.0. The molecule has 19 heavy (non-hydrogen) atoms. The van der Waals surface area contributed by atoms with Crippen LogP contribution in [0.25, 0.3) is 16.9 Å². The van der Waals surface area contributed by atoms with Crippen LogP contribution < -0.4 is 11.2 Å². The number of hydrogen-bond donors (Lipinski definition) is 1. The largest absolute Gasteiger partial charge is 0.329 e. The van der Waals surface area contributed by atoms with Crippen molar-refractivity contribution in [1.29, 1.82) is 0 Å². The average molecular weight is 261 g/mol. The minimum Gasteiger partial charge on any atom is -0.314 e. The van der Waals surface area contributed by atoms with Crippen LogP contribution in [0.2, 0.25) is 0 Å². The number of nitrogens with zero attached hydrogens (tertiary/aromatic N) is 4. The Hall–Kier alpha value is -2.31. The zero-order chi connectivity index (χ0) is 13.7. The molecule has 3 rings (SSSR count). The second-order valence-corrected chi connectivity index (χ2v) is 4.69. The van der Waals surface area contributed by atoms with Crippen molar-refractivity contribution < 1.29 is 0 Å². The molecular weight excluding hydrogens is 246 g/mol. The standard InChI is InChI=1S/C12H15N5O2/c1-4-5-16-7(2)6-17-8-9(13-11(16)17)15(3)12(19)14-10(8)18/h6H,4-5H2,1-3H3,(H,14,18,19). The summed E-state index contributed by atoms with van der Waals surface area (Å²) < 4.78 is 5.15. The quantitative estimate of drug-likeness (QED) is 0.725. The smallest absolute Gasteiger partial charge is 0.314 e. The van der Waals surface area contributed by atoms with Gasteiger partial charge in [-0.05, 0) is 13.3 Å². The molecule has 0 atom stereocenters. The van der Waals surface area contributed by atoms with Gasteiger partial charge in [0.15, 0.2) is 11.2 Å². The van der Waals surface area contributed by atoms with Crippen molar-refractivity contribution in [1.82, 2.24) is 23.5 Å². The van der Waals surface area contributed by atoms with Gasteiger partial charge in [0.2, 0.25) is 5.78 Å². The normalized spacial score (nSPS) is 11.7. The van der Waals surface area contributed by atoms with Gasteiger partial charge in [-0.15, -0.1) is 0 Å². The third-order valence-corrected chi connectivity index (χ3v) is 3.36. The summed E-state index contributed by atoms with van der Waals surface area (Å²) in [5.74, 6) is 0.695. The van der Waals surface area contributed by atoms with E-state index in [1.807, 2.05) is 17.7 Å². The lowest BCUT2D eigenvalue weighted by Crippen LogP contribution is -2.28. The maximum Gasteiger partial charge on any atom is 0.329 e. The highest BCUT2D eigenvalue weighted by atomic mass is 16.2. The van der Waals surface area contributed by atoms with E-state index < -0.39 is 11.2 Å². The first-order chi connectivity index (χ1) is 9.04. The van der Waals surface area contributed by atoms with Gasteiger partial charge in [-0.1, -0.05) is 6.92 Å². The molecule has 0 aliphatic rings. The number of aromatic amines is 1. The van der Waals surface area contributed by atoms with Gasteiger partial charge >= 0.3 is 5.69 Å². The number of aryl methyl sites for hydroxylation is 3. The third-order valence-electron chi connectivity index (χ3n) is 3.36. The molecule has 0 aliphatic carbocycles. The molecule has 0 aliphatic heterocycles. The lowest BCUT2D eigenvalue weighted by Gasteiger charge is -2.01. The van der Waals surface area contributed by atoms with Crippen LogP contribution >= 0.6 is 0 Å². The van der Waals surface area contributed by atoms with Crippen LogP contribution in [0, 0.1) is 6.92 Å². The summed E-state index contributed by atoms with van der Waals surface area (Å²) in [6.07, 6.45) is 2.85. The van der Waals surface area contributed by atoms with Gasteiger partial charge in [0.25, 0.3) is 5.56 Å². The first-order valence-corrected chi connectivity index (χ1v) is 6.21. The number of hydrogen-bond acceptors (Lipinski definition) is 3. The van der Waals surface area contributed by atoms with Gasteiger partial charge in [-0.3, -0.25) is 18.7 Å². The van der Waals surface area contributed by atoms with Crippen molar-refractivity contribution >= 4 is 16.9 Å². The highest BCUT2D eigenvalue weighted by Crippen LogP contribution is 2.15. The maximum atomic E-state index is 12.0. The van der Waals surface area contributed by atoms with E-state index in [0.717, 1.165) is 18.7 Å². The summed E-state index contributed by atoms with van der Waals surface area (Å²) >= 11 is 0. The molecule has 0 saturated heterocycles. The summed E-state index contributed by atoms with van der Waals surface area (Å²) in [5.41, 5.74) is 1.01. The molecule has 3 heterocycles. The van der Waals surface area contributed by atoms with Gasteiger partial charge in [0.1, 0.15) is 0 Å². The molecule has 7 heteroatoms. The second-order valence-electron chi connectivity index (χ2n) is 4.69. The van der Waals surface area contributed by atoms with Gasteiger partial charge in [-0.25, -0.2) is 4.79 Å². The highest BCUT2D eigenvalue weighted by molar-refractivity contribution is 5.75. The van der Waals surface area contributed by atoms with Gasteiger partial charge < -0.3 is 4.57 Å². The number of rotatable bonds is 2. The number of fused-ring (bicyclic) bond motifs is 3. The van der Waals surface area contributed by atoms with E-state index >= 15 is 0 Å². The van der Waals surface area contributed by atoms with Gasteiger partial charge in [0.05, 0.1) is 0 Å². The van der Waals surface area contributed by atoms with E-state index in [1.165, 1.54) is 4.57 Å².